The second-order valence-electron chi connectivity index (χ2n) is 7.35. The number of rotatable bonds is 5. The van der Waals surface area contributed by atoms with Gasteiger partial charge in [0.05, 0.1) is 4.90 Å². The number of fused-ring (bicyclic) bond motifs is 1. The van der Waals surface area contributed by atoms with Crippen LogP contribution in [0.4, 0.5) is 10.1 Å². The lowest BCUT2D eigenvalue weighted by atomic mass is 9.97. The largest absolute Gasteiger partial charge is 0.292 e. The SMILES string of the molecule is CC(c1ccccc1)N1CCc2cc(S(=O)(=O)Nc3ccc(F)cc3)ccc2C1. The predicted octanol–water partition coefficient (Wildman–Crippen LogP) is 4.75. The van der Waals surface area contributed by atoms with Gasteiger partial charge in [0.15, 0.2) is 0 Å². The summed E-state index contributed by atoms with van der Waals surface area (Å²) < 4.78 is 41.0. The molecule has 1 unspecified atom stereocenters. The normalized spacial score (nSPS) is 15.5. The first-order chi connectivity index (χ1) is 13.9. The fourth-order valence-corrected chi connectivity index (χ4v) is 4.83. The number of nitrogens with zero attached hydrogens (tertiary/aromatic N) is 1. The molecular weight excluding hydrogens is 387 g/mol. The van der Waals surface area contributed by atoms with E-state index in [0.717, 1.165) is 30.6 Å². The Morgan fingerprint density at radius 3 is 2.41 bits per heavy atom. The van der Waals surface area contributed by atoms with E-state index >= 15 is 0 Å². The first-order valence-corrected chi connectivity index (χ1v) is 11.1. The van der Waals surface area contributed by atoms with Crippen molar-refractivity contribution in [2.75, 3.05) is 11.3 Å². The Hall–Kier alpha value is -2.70. The Bertz CT molecular complexity index is 1100. The van der Waals surface area contributed by atoms with E-state index in [1.165, 1.54) is 29.8 Å². The number of hydrogen-bond donors (Lipinski definition) is 1. The zero-order valence-corrected chi connectivity index (χ0v) is 17.0. The summed E-state index contributed by atoms with van der Waals surface area (Å²) in [7, 11) is -3.72. The Morgan fingerprint density at radius 1 is 0.966 bits per heavy atom. The summed E-state index contributed by atoms with van der Waals surface area (Å²) in [4.78, 5) is 2.63. The highest BCUT2D eigenvalue weighted by Crippen LogP contribution is 2.29. The summed E-state index contributed by atoms with van der Waals surface area (Å²) in [6, 6.07) is 21.3. The summed E-state index contributed by atoms with van der Waals surface area (Å²) in [5.41, 5.74) is 3.83. The predicted molar refractivity (Wildman–Crippen MR) is 113 cm³/mol. The van der Waals surface area contributed by atoms with Crippen molar-refractivity contribution in [3.05, 3.63) is 95.3 Å². The van der Waals surface area contributed by atoms with Crippen LogP contribution < -0.4 is 4.72 Å². The molecule has 4 rings (SSSR count). The molecule has 3 aromatic carbocycles. The fraction of sp³-hybridized carbons (Fsp3) is 0.217. The van der Waals surface area contributed by atoms with Gasteiger partial charge in [0, 0.05) is 24.8 Å². The smallest absolute Gasteiger partial charge is 0.261 e. The topological polar surface area (TPSA) is 49.4 Å². The Kier molecular flexibility index (Phi) is 5.39. The molecule has 1 heterocycles. The molecule has 1 aliphatic heterocycles. The maximum absolute atomic E-state index is 13.0. The Morgan fingerprint density at radius 2 is 1.69 bits per heavy atom. The summed E-state index contributed by atoms with van der Waals surface area (Å²) in [5, 5.41) is 0. The number of nitrogens with one attached hydrogen (secondary N) is 1. The van der Waals surface area contributed by atoms with Gasteiger partial charge in [-0.1, -0.05) is 36.4 Å². The summed E-state index contributed by atoms with van der Waals surface area (Å²) >= 11 is 0. The second-order valence-corrected chi connectivity index (χ2v) is 9.03. The average Bonchev–Trinajstić information content (AvgIpc) is 2.74. The van der Waals surface area contributed by atoms with Crippen LogP contribution in [0.15, 0.2) is 77.7 Å². The van der Waals surface area contributed by atoms with Gasteiger partial charge in [-0.3, -0.25) is 9.62 Å². The van der Waals surface area contributed by atoms with Gasteiger partial charge in [-0.05, 0) is 66.4 Å². The van der Waals surface area contributed by atoms with E-state index in [0.29, 0.717) is 11.7 Å². The molecule has 6 heteroatoms. The number of anilines is 1. The van der Waals surface area contributed by atoms with E-state index in [1.807, 2.05) is 12.1 Å². The van der Waals surface area contributed by atoms with E-state index in [1.54, 1.807) is 12.1 Å². The van der Waals surface area contributed by atoms with Crippen molar-refractivity contribution in [1.82, 2.24) is 4.90 Å². The van der Waals surface area contributed by atoms with Gasteiger partial charge in [0.1, 0.15) is 5.82 Å². The number of benzene rings is 3. The first-order valence-electron chi connectivity index (χ1n) is 9.61. The van der Waals surface area contributed by atoms with E-state index in [4.69, 9.17) is 0 Å². The maximum atomic E-state index is 13.0. The van der Waals surface area contributed by atoms with Crippen LogP contribution in [-0.4, -0.2) is 19.9 Å². The van der Waals surface area contributed by atoms with Crippen LogP contribution in [0.2, 0.25) is 0 Å². The number of halogens is 1. The lowest BCUT2D eigenvalue weighted by Gasteiger charge is -2.34. The van der Waals surface area contributed by atoms with Gasteiger partial charge >= 0.3 is 0 Å². The minimum absolute atomic E-state index is 0.227. The van der Waals surface area contributed by atoms with Gasteiger partial charge in [0.2, 0.25) is 0 Å². The van der Waals surface area contributed by atoms with Gasteiger partial charge in [-0.25, -0.2) is 12.8 Å². The highest BCUT2D eigenvalue weighted by Gasteiger charge is 2.24. The lowest BCUT2D eigenvalue weighted by Crippen LogP contribution is -2.33. The maximum Gasteiger partial charge on any atom is 0.261 e. The van der Waals surface area contributed by atoms with Gasteiger partial charge < -0.3 is 0 Å². The summed E-state index contributed by atoms with van der Waals surface area (Å²) in [6.07, 6.45) is 0.798. The fourth-order valence-electron chi connectivity index (χ4n) is 3.72. The zero-order valence-electron chi connectivity index (χ0n) is 16.2. The molecule has 0 aliphatic carbocycles. The molecule has 0 spiro atoms. The lowest BCUT2D eigenvalue weighted by molar-refractivity contribution is 0.192. The van der Waals surface area contributed by atoms with Crippen LogP contribution >= 0.6 is 0 Å². The molecule has 29 heavy (non-hydrogen) atoms. The first kappa shape index (κ1) is 19.6. The van der Waals surface area contributed by atoms with Crippen LogP contribution in [-0.2, 0) is 23.0 Å². The molecule has 0 saturated heterocycles. The molecule has 0 radical (unpaired) electrons. The molecule has 150 valence electrons. The van der Waals surface area contributed by atoms with Crippen LogP contribution in [0.5, 0.6) is 0 Å². The third-order valence-corrected chi connectivity index (χ3v) is 6.83. The van der Waals surface area contributed by atoms with Crippen molar-refractivity contribution < 1.29 is 12.8 Å². The van der Waals surface area contributed by atoms with Crippen LogP contribution in [0.3, 0.4) is 0 Å². The molecule has 3 aromatic rings. The highest BCUT2D eigenvalue weighted by molar-refractivity contribution is 7.92. The second kappa shape index (κ2) is 7.97. The van der Waals surface area contributed by atoms with Crippen LogP contribution in [0.1, 0.15) is 29.7 Å². The van der Waals surface area contributed by atoms with E-state index in [9.17, 15) is 12.8 Å². The molecule has 0 bridgehead atoms. The van der Waals surface area contributed by atoms with E-state index < -0.39 is 15.8 Å². The average molecular weight is 411 g/mol. The van der Waals surface area contributed by atoms with Crippen molar-refractivity contribution in [3.63, 3.8) is 0 Å². The highest BCUT2D eigenvalue weighted by atomic mass is 32.2. The number of sulfonamides is 1. The Labute approximate surface area is 171 Å². The third-order valence-electron chi connectivity index (χ3n) is 5.46. The van der Waals surface area contributed by atoms with Gasteiger partial charge in [-0.2, -0.15) is 0 Å². The summed E-state index contributed by atoms with van der Waals surface area (Å²) in [5.74, 6) is -0.406. The minimum atomic E-state index is -3.72. The summed E-state index contributed by atoms with van der Waals surface area (Å²) in [6.45, 7) is 3.86. The molecule has 1 atom stereocenters. The quantitative estimate of drug-likeness (QED) is 0.661. The molecule has 1 aliphatic rings. The van der Waals surface area contributed by atoms with E-state index in [-0.39, 0.29) is 4.90 Å². The third kappa shape index (κ3) is 4.33. The number of hydrogen-bond acceptors (Lipinski definition) is 3. The van der Waals surface area contributed by atoms with Crippen molar-refractivity contribution in [3.8, 4) is 0 Å². The minimum Gasteiger partial charge on any atom is -0.292 e. The van der Waals surface area contributed by atoms with Crippen molar-refractivity contribution in [1.29, 1.82) is 0 Å². The Balaban J connectivity index is 1.52. The van der Waals surface area contributed by atoms with Crippen LogP contribution in [0, 0.1) is 5.82 Å². The molecular formula is C23H23FN2O2S. The molecule has 0 aromatic heterocycles. The van der Waals surface area contributed by atoms with Gasteiger partial charge in [-0.15, -0.1) is 0 Å². The molecule has 0 saturated carbocycles. The molecule has 0 fully saturated rings. The molecule has 0 amide bonds. The van der Waals surface area contributed by atoms with E-state index in [2.05, 4.69) is 40.8 Å². The standard InChI is InChI=1S/C23H23FN2O2S/c1-17(18-5-3-2-4-6-18)26-14-13-19-15-23(12-7-20(19)16-26)29(27,28)25-22-10-8-21(24)9-11-22/h2-12,15,17,25H,13-14,16H2,1H3. The molecule has 4 nitrogen and oxygen atoms in total. The van der Waals surface area contributed by atoms with Gasteiger partial charge in [0.25, 0.3) is 10.0 Å². The zero-order chi connectivity index (χ0) is 20.4. The van der Waals surface area contributed by atoms with Crippen LogP contribution in [0.25, 0.3) is 0 Å². The van der Waals surface area contributed by atoms with Crippen molar-refractivity contribution >= 4 is 15.7 Å². The van der Waals surface area contributed by atoms with Crippen molar-refractivity contribution in [2.45, 2.75) is 30.8 Å². The molecule has 1 N–H and O–H groups in total. The van der Waals surface area contributed by atoms with Crippen molar-refractivity contribution in [2.24, 2.45) is 0 Å². The monoisotopic (exact) mass is 410 g/mol.